The van der Waals surface area contributed by atoms with Crippen LogP contribution in [0.4, 0.5) is 0 Å². The molecule has 0 rings (SSSR count). The van der Waals surface area contributed by atoms with Gasteiger partial charge in [-0.25, -0.2) is 0 Å². The van der Waals surface area contributed by atoms with Gasteiger partial charge in [-0.05, 0) is 31.9 Å². The maximum atomic E-state index is 3.19. The van der Waals surface area contributed by atoms with E-state index >= 15 is 0 Å². The first-order valence-electron chi connectivity index (χ1n) is 1.24. The lowest BCUT2D eigenvalue weighted by molar-refractivity contribution is 2.50. The van der Waals surface area contributed by atoms with E-state index in [1.807, 2.05) is 0 Å². The van der Waals surface area contributed by atoms with E-state index in [2.05, 4.69) is 37.6 Å². The summed E-state index contributed by atoms with van der Waals surface area (Å²) in [5.74, 6) is 0. The summed E-state index contributed by atoms with van der Waals surface area (Å²) in [5.41, 5.74) is 2.06. The summed E-state index contributed by atoms with van der Waals surface area (Å²) in [5, 5.41) is 0. The van der Waals surface area contributed by atoms with Crippen LogP contribution in [-0.2, 0) is 0 Å². The molecule has 0 aromatic heterocycles. The van der Waals surface area contributed by atoms with Gasteiger partial charge in [0.2, 0.25) is 0 Å². The summed E-state index contributed by atoms with van der Waals surface area (Å²) in [6.07, 6.45) is 0. The molecule has 0 aliphatic carbocycles. The standard InChI is InChI=1S/C2H4Br2Si/c3-2(4)1-5/h1H,5H3. The second kappa shape index (κ2) is 3.12. The van der Waals surface area contributed by atoms with E-state index < -0.39 is 0 Å². The predicted octanol–water partition coefficient (Wildman–Crippen LogP) is 0.940. The van der Waals surface area contributed by atoms with E-state index in [9.17, 15) is 0 Å². The fourth-order valence-corrected chi connectivity index (χ4v) is 0. The Morgan fingerprint density at radius 2 is 1.80 bits per heavy atom. The molecule has 0 fully saturated rings. The summed E-state index contributed by atoms with van der Waals surface area (Å²) in [6, 6.07) is 0. The number of hydrogen-bond acceptors (Lipinski definition) is 0. The number of hydrogen-bond donors (Lipinski definition) is 0. The van der Waals surface area contributed by atoms with Crippen molar-refractivity contribution in [2.45, 2.75) is 0 Å². The van der Waals surface area contributed by atoms with Crippen LogP contribution in [0.25, 0.3) is 0 Å². The highest BCUT2D eigenvalue weighted by atomic mass is 79.9. The zero-order valence-electron chi connectivity index (χ0n) is 2.83. The Hall–Kier alpha value is 0.917. The molecule has 0 heterocycles. The molecule has 0 saturated heterocycles. The van der Waals surface area contributed by atoms with Crippen molar-refractivity contribution in [1.29, 1.82) is 0 Å². The Bertz CT molecular complexity index is 45.6. The van der Waals surface area contributed by atoms with Crippen LogP contribution in [0.2, 0.25) is 0 Å². The molecule has 0 radical (unpaired) electrons. The molecule has 0 aliphatic rings. The van der Waals surface area contributed by atoms with Gasteiger partial charge < -0.3 is 0 Å². The lowest BCUT2D eigenvalue weighted by Crippen LogP contribution is -1.45. The fraction of sp³-hybridized carbons (Fsp3) is 0. The highest BCUT2D eigenvalue weighted by molar-refractivity contribution is 9.28. The first-order chi connectivity index (χ1) is 2.27. The van der Waals surface area contributed by atoms with Gasteiger partial charge in [-0.2, -0.15) is 0 Å². The molecule has 0 aromatic carbocycles. The molecule has 0 unspecified atom stereocenters. The molecule has 0 bridgehead atoms. The van der Waals surface area contributed by atoms with Crippen LogP contribution in [0.3, 0.4) is 0 Å². The third kappa shape index (κ3) is 4.92. The first-order valence-corrected chi connectivity index (χ1v) is 3.98. The van der Waals surface area contributed by atoms with Gasteiger partial charge in [0.1, 0.15) is 0 Å². The summed E-state index contributed by atoms with van der Waals surface area (Å²) in [4.78, 5) is 0. The molecule has 0 atom stereocenters. The summed E-state index contributed by atoms with van der Waals surface area (Å²) >= 11 is 6.37. The minimum Gasteiger partial charge on any atom is -0.0845 e. The largest absolute Gasteiger partial charge is 0.0845 e. The Morgan fingerprint density at radius 3 is 1.80 bits per heavy atom. The molecule has 0 N–H and O–H groups in total. The maximum Gasteiger partial charge on any atom is 0.0516 e. The molecule has 3 heteroatoms. The van der Waals surface area contributed by atoms with E-state index in [0.717, 1.165) is 13.6 Å². The minimum absolute atomic E-state index is 1.07. The van der Waals surface area contributed by atoms with Gasteiger partial charge >= 0.3 is 0 Å². The van der Waals surface area contributed by atoms with Crippen LogP contribution in [0.1, 0.15) is 0 Å². The van der Waals surface area contributed by atoms with E-state index in [0.29, 0.717) is 0 Å². The van der Waals surface area contributed by atoms with Crippen LogP contribution in [0, 0.1) is 0 Å². The van der Waals surface area contributed by atoms with Gasteiger partial charge in [0.05, 0.1) is 3.39 Å². The summed E-state index contributed by atoms with van der Waals surface area (Å²) in [7, 11) is 1.12. The molecular weight excluding hydrogens is 212 g/mol. The van der Waals surface area contributed by atoms with Crippen LogP contribution in [0.15, 0.2) is 9.09 Å². The van der Waals surface area contributed by atoms with Crippen molar-refractivity contribution < 1.29 is 0 Å². The van der Waals surface area contributed by atoms with Crippen molar-refractivity contribution in [3.05, 3.63) is 9.09 Å². The monoisotopic (exact) mass is 214 g/mol. The maximum absolute atomic E-state index is 3.19. The van der Waals surface area contributed by atoms with Gasteiger partial charge in [0, 0.05) is 10.2 Å². The second-order valence-corrected chi connectivity index (χ2v) is 3.93. The van der Waals surface area contributed by atoms with Gasteiger partial charge in [-0.3, -0.25) is 0 Å². The quantitative estimate of drug-likeness (QED) is 0.528. The Labute approximate surface area is 51.3 Å². The summed E-state index contributed by atoms with van der Waals surface area (Å²) < 4.78 is 1.07. The lowest BCUT2D eigenvalue weighted by Gasteiger charge is -1.67. The SMILES string of the molecule is [SiH3]C=C(Br)Br. The Balaban J connectivity index is 3.14. The smallest absolute Gasteiger partial charge is 0.0516 e. The highest BCUT2D eigenvalue weighted by Gasteiger charge is 1.67. The molecule has 0 aromatic rings. The molecule has 0 amide bonds. The zero-order valence-corrected chi connectivity index (χ0v) is 8.01. The number of rotatable bonds is 0. The number of halogens is 2. The topological polar surface area (TPSA) is 0 Å². The normalized spacial score (nSPS) is 7.60. The van der Waals surface area contributed by atoms with Crippen LogP contribution >= 0.6 is 31.9 Å². The van der Waals surface area contributed by atoms with Crippen molar-refractivity contribution in [3.8, 4) is 0 Å². The van der Waals surface area contributed by atoms with E-state index in [1.165, 1.54) is 0 Å². The Morgan fingerprint density at radius 1 is 1.60 bits per heavy atom. The highest BCUT2D eigenvalue weighted by Crippen LogP contribution is 2.09. The van der Waals surface area contributed by atoms with Crippen LogP contribution < -0.4 is 0 Å². The Kier molecular flexibility index (Phi) is 3.69. The molecular formula is C2H4Br2Si. The second-order valence-electron chi connectivity index (χ2n) is 0.578. The van der Waals surface area contributed by atoms with Crippen LogP contribution in [-0.4, -0.2) is 10.2 Å². The molecule has 0 nitrogen and oxygen atoms in total. The van der Waals surface area contributed by atoms with Gasteiger partial charge in [0.15, 0.2) is 0 Å². The first kappa shape index (κ1) is 5.92. The average Bonchev–Trinajstić information content (AvgIpc) is 1.38. The van der Waals surface area contributed by atoms with Gasteiger partial charge in [-0.1, -0.05) is 5.70 Å². The third-order valence-electron chi connectivity index (χ3n) is 0.218. The molecule has 0 aliphatic heterocycles. The molecule has 0 spiro atoms. The summed E-state index contributed by atoms with van der Waals surface area (Å²) in [6.45, 7) is 0. The zero-order chi connectivity index (χ0) is 4.28. The molecule has 30 valence electrons. The van der Waals surface area contributed by atoms with Crippen molar-refractivity contribution in [2.75, 3.05) is 0 Å². The molecule has 5 heavy (non-hydrogen) atoms. The third-order valence-corrected chi connectivity index (χ3v) is 3.40. The lowest BCUT2D eigenvalue weighted by atomic mass is 11.3. The predicted molar refractivity (Wildman–Crippen MR) is 35.9 cm³/mol. The fourth-order valence-electron chi connectivity index (χ4n) is 0. The van der Waals surface area contributed by atoms with Crippen molar-refractivity contribution in [3.63, 3.8) is 0 Å². The van der Waals surface area contributed by atoms with E-state index in [1.54, 1.807) is 0 Å². The van der Waals surface area contributed by atoms with Crippen molar-refractivity contribution in [2.24, 2.45) is 0 Å². The minimum atomic E-state index is 1.07. The van der Waals surface area contributed by atoms with E-state index in [4.69, 9.17) is 0 Å². The van der Waals surface area contributed by atoms with Crippen LogP contribution in [0.5, 0.6) is 0 Å². The van der Waals surface area contributed by atoms with Crippen molar-refractivity contribution in [1.82, 2.24) is 0 Å². The van der Waals surface area contributed by atoms with E-state index in [-0.39, 0.29) is 0 Å². The molecule has 0 saturated carbocycles. The van der Waals surface area contributed by atoms with Gasteiger partial charge in [0.25, 0.3) is 0 Å². The average molecular weight is 216 g/mol. The van der Waals surface area contributed by atoms with Gasteiger partial charge in [-0.15, -0.1) is 0 Å². The van der Waals surface area contributed by atoms with Crippen molar-refractivity contribution >= 4 is 42.1 Å².